The molecule has 3 aromatic rings. The first kappa shape index (κ1) is 20.1. The van der Waals surface area contributed by atoms with Gasteiger partial charge in [0, 0.05) is 24.7 Å². The molecule has 0 aliphatic carbocycles. The maximum Gasteiger partial charge on any atom is 0.421 e. The molecular formula is C19H17F3N4O4S. The number of piperazine rings is 1. The van der Waals surface area contributed by atoms with Crippen molar-refractivity contribution in [1.82, 2.24) is 14.9 Å². The molecule has 0 radical (unpaired) electrons. The van der Waals surface area contributed by atoms with E-state index < -0.39 is 17.9 Å². The molecule has 12 heteroatoms. The van der Waals surface area contributed by atoms with Crippen molar-refractivity contribution in [3.8, 4) is 10.6 Å². The summed E-state index contributed by atoms with van der Waals surface area (Å²) in [5.41, 5.74) is -2.71. The second-order valence-corrected chi connectivity index (χ2v) is 8.81. The number of benzene rings is 1. The first-order valence-electron chi connectivity index (χ1n) is 9.46. The van der Waals surface area contributed by atoms with Crippen LogP contribution >= 0.6 is 11.3 Å². The number of piperidine rings is 1. The zero-order valence-electron chi connectivity index (χ0n) is 16.1. The molecule has 3 atom stereocenters. The van der Waals surface area contributed by atoms with Crippen molar-refractivity contribution in [3.63, 3.8) is 0 Å². The first-order chi connectivity index (χ1) is 14.6. The largest absolute Gasteiger partial charge is 0.465 e. The number of nitrogens with zero attached hydrogens (tertiary/aromatic N) is 4. The number of aliphatic hydroxyl groups is 1. The summed E-state index contributed by atoms with van der Waals surface area (Å²) >= 11 is 1.23. The van der Waals surface area contributed by atoms with E-state index in [9.17, 15) is 28.2 Å². The molecule has 3 aliphatic heterocycles. The van der Waals surface area contributed by atoms with Gasteiger partial charge in [-0.05, 0) is 31.0 Å². The Morgan fingerprint density at radius 2 is 2.00 bits per heavy atom. The Morgan fingerprint density at radius 1 is 1.29 bits per heavy atom. The molecule has 2 N–H and O–H groups in total. The van der Waals surface area contributed by atoms with Gasteiger partial charge in [-0.3, -0.25) is 4.90 Å². The normalized spacial score (nSPS) is 23.0. The van der Waals surface area contributed by atoms with Crippen LogP contribution in [0.15, 0.2) is 28.1 Å². The second kappa shape index (κ2) is 6.57. The van der Waals surface area contributed by atoms with Crippen molar-refractivity contribution in [1.29, 1.82) is 0 Å². The zero-order valence-corrected chi connectivity index (χ0v) is 16.9. The lowest BCUT2D eigenvalue weighted by atomic mass is 9.88. The number of aromatic nitrogens is 2. The minimum Gasteiger partial charge on any atom is -0.465 e. The highest BCUT2D eigenvalue weighted by Gasteiger charge is 2.52. The van der Waals surface area contributed by atoms with E-state index in [1.54, 1.807) is 10.3 Å². The summed E-state index contributed by atoms with van der Waals surface area (Å²) in [4.78, 5) is 23.1. The quantitative estimate of drug-likeness (QED) is 0.623. The van der Waals surface area contributed by atoms with Gasteiger partial charge in [0.1, 0.15) is 10.5 Å². The summed E-state index contributed by atoms with van der Waals surface area (Å²) in [5, 5.41) is 21.6. The summed E-state index contributed by atoms with van der Waals surface area (Å²) in [6.07, 6.45) is -3.58. The third-order valence-corrected chi connectivity index (χ3v) is 6.75. The molecule has 1 aromatic carbocycles. The number of fused-ring (bicyclic) bond motifs is 3. The van der Waals surface area contributed by atoms with E-state index in [1.807, 2.05) is 0 Å². The van der Waals surface area contributed by atoms with E-state index in [-0.39, 0.29) is 34.8 Å². The summed E-state index contributed by atoms with van der Waals surface area (Å²) in [6.45, 7) is 1.46. The smallest absolute Gasteiger partial charge is 0.421 e. The predicted molar refractivity (Wildman–Crippen MR) is 105 cm³/mol. The molecule has 1 amide bonds. The lowest BCUT2D eigenvalue weighted by Gasteiger charge is -2.54. The highest BCUT2D eigenvalue weighted by molar-refractivity contribution is 7.13. The maximum absolute atomic E-state index is 13.5. The van der Waals surface area contributed by atoms with Crippen molar-refractivity contribution in [2.75, 3.05) is 18.0 Å². The van der Waals surface area contributed by atoms with Gasteiger partial charge in [-0.2, -0.15) is 18.2 Å². The number of carboxylic acid groups (broad SMARTS) is 1. The molecule has 164 valence electrons. The summed E-state index contributed by atoms with van der Waals surface area (Å²) in [7, 11) is 0. The van der Waals surface area contributed by atoms with Crippen molar-refractivity contribution in [2.45, 2.75) is 37.2 Å². The molecule has 5 heterocycles. The molecule has 3 fully saturated rings. The van der Waals surface area contributed by atoms with Gasteiger partial charge in [0.25, 0.3) is 6.01 Å². The number of alkyl halides is 3. The second-order valence-electron chi connectivity index (χ2n) is 7.91. The Labute approximate surface area is 177 Å². The molecule has 2 bridgehead atoms. The van der Waals surface area contributed by atoms with E-state index in [0.717, 1.165) is 6.42 Å². The van der Waals surface area contributed by atoms with Crippen molar-refractivity contribution in [2.24, 2.45) is 0 Å². The topological polar surface area (TPSA) is 103 Å². The fourth-order valence-corrected chi connectivity index (χ4v) is 4.85. The number of anilines is 1. The molecule has 6 rings (SSSR count). The van der Waals surface area contributed by atoms with Gasteiger partial charge < -0.3 is 19.5 Å². The van der Waals surface area contributed by atoms with Crippen molar-refractivity contribution < 1.29 is 32.6 Å². The zero-order chi connectivity index (χ0) is 22.1. The van der Waals surface area contributed by atoms with Crippen LogP contribution in [0.25, 0.3) is 21.7 Å². The summed E-state index contributed by atoms with van der Waals surface area (Å²) in [6, 6.07) is 2.25. The third kappa shape index (κ3) is 3.04. The SMILES string of the molecule is CC(O)(c1cc(-c2nccs2)c2oc(N3CC4CC(C3)N4C(=O)O)nc2c1)C(F)(F)F. The van der Waals surface area contributed by atoms with E-state index >= 15 is 0 Å². The molecule has 31 heavy (non-hydrogen) atoms. The Bertz CT molecular complexity index is 1150. The molecule has 8 nitrogen and oxygen atoms in total. The monoisotopic (exact) mass is 454 g/mol. The van der Waals surface area contributed by atoms with Gasteiger partial charge >= 0.3 is 12.3 Å². The predicted octanol–water partition coefficient (Wildman–Crippen LogP) is 3.66. The number of thiazole rings is 1. The molecule has 0 saturated carbocycles. The van der Waals surface area contributed by atoms with E-state index in [4.69, 9.17) is 4.42 Å². The van der Waals surface area contributed by atoms with Gasteiger partial charge in [-0.15, -0.1) is 11.3 Å². The minimum atomic E-state index is -4.89. The summed E-state index contributed by atoms with van der Waals surface area (Å²) < 4.78 is 46.3. The fraction of sp³-hybridized carbons (Fsp3) is 0.421. The van der Waals surface area contributed by atoms with Gasteiger partial charge in [0.2, 0.25) is 0 Å². The van der Waals surface area contributed by atoms with Crippen LogP contribution in [0, 0.1) is 0 Å². The molecule has 3 aliphatic rings. The highest BCUT2D eigenvalue weighted by atomic mass is 32.1. The Hall–Kier alpha value is -2.86. The number of halogens is 3. The molecule has 3 unspecified atom stereocenters. The van der Waals surface area contributed by atoms with Gasteiger partial charge in [-0.1, -0.05) is 0 Å². The number of carbonyl (C=O) groups is 1. The van der Waals surface area contributed by atoms with Crippen LogP contribution in [0.5, 0.6) is 0 Å². The summed E-state index contributed by atoms with van der Waals surface area (Å²) in [5.74, 6) is 0. The molecule has 3 saturated heterocycles. The van der Waals surface area contributed by atoms with Gasteiger partial charge in [0.15, 0.2) is 11.2 Å². The lowest BCUT2D eigenvalue weighted by Crippen LogP contribution is -2.70. The maximum atomic E-state index is 13.5. The van der Waals surface area contributed by atoms with Crippen LogP contribution in [0.3, 0.4) is 0 Å². The average Bonchev–Trinajstić information content (AvgIpc) is 3.35. The van der Waals surface area contributed by atoms with Crippen LogP contribution in [0.1, 0.15) is 18.9 Å². The Morgan fingerprint density at radius 3 is 2.58 bits per heavy atom. The van der Waals surface area contributed by atoms with Gasteiger partial charge in [-0.25, -0.2) is 9.78 Å². The number of rotatable bonds is 3. The van der Waals surface area contributed by atoms with E-state index in [2.05, 4.69) is 9.97 Å². The van der Waals surface area contributed by atoms with Gasteiger partial charge in [0.05, 0.1) is 17.6 Å². The van der Waals surface area contributed by atoms with E-state index in [1.165, 1.54) is 34.6 Å². The van der Waals surface area contributed by atoms with Crippen LogP contribution in [-0.2, 0) is 5.60 Å². The standard InChI is InChI=1S/C19H17F3N4O4S/c1-18(29,19(20,21)22)9-4-12(15-23-2-3-31-15)14-13(5-9)24-16(30-14)25-7-10-6-11(8-25)26(10)17(27)28/h2-5,10-11,29H,6-8H2,1H3,(H,27,28). The number of hydrogen-bond acceptors (Lipinski definition) is 7. The van der Waals surface area contributed by atoms with Crippen molar-refractivity contribution >= 4 is 34.5 Å². The van der Waals surface area contributed by atoms with Crippen molar-refractivity contribution in [3.05, 3.63) is 29.3 Å². The number of oxazole rings is 1. The average molecular weight is 454 g/mol. The highest BCUT2D eigenvalue weighted by Crippen LogP contribution is 2.43. The molecule has 0 spiro atoms. The molecular weight excluding hydrogens is 437 g/mol. The van der Waals surface area contributed by atoms with E-state index in [0.29, 0.717) is 30.6 Å². The number of amides is 1. The Balaban J connectivity index is 1.58. The number of hydrogen-bond donors (Lipinski definition) is 2. The van der Waals surface area contributed by atoms with Crippen LogP contribution in [0.4, 0.5) is 24.0 Å². The third-order valence-electron chi connectivity index (χ3n) is 5.94. The molecule has 2 aromatic heterocycles. The minimum absolute atomic E-state index is 0.163. The van der Waals surface area contributed by atoms with Crippen LogP contribution < -0.4 is 4.90 Å². The van der Waals surface area contributed by atoms with Crippen LogP contribution in [0.2, 0.25) is 0 Å². The fourth-order valence-electron chi connectivity index (χ4n) is 4.19. The van der Waals surface area contributed by atoms with Crippen LogP contribution in [-0.4, -0.2) is 62.5 Å². The Kier molecular flexibility index (Phi) is 4.25. The first-order valence-corrected chi connectivity index (χ1v) is 10.3. The lowest BCUT2D eigenvalue weighted by molar-refractivity contribution is -0.258.